The van der Waals surface area contributed by atoms with Gasteiger partial charge in [0.15, 0.2) is 0 Å². The summed E-state index contributed by atoms with van der Waals surface area (Å²) in [6.07, 6.45) is 3.41. The van der Waals surface area contributed by atoms with Gasteiger partial charge in [0, 0.05) is 12.1 Å². The summed E-state index contributed by atoms with van der Waals surface area (Å²) in [5, 5.41) is 12.3. The lowest BCUT2D eigenvalue weighted by molar-refractivity contribution is -0.139. The molecule has 0 bridgehead atoms. The van der Waals surface area contributed by atoms with Crippen LogP contribution >= 0.6 is 0 Å². The fourth-order valence-electron chi connectivity index (χ4n) is 2.30. The highest BCUT2D eigenvalue weighted by Gasteiger charge is 2.33. The van der Waals surface area contributed by atoms with Crippen molar-refractivity contribution in [1.82, 2.24) is 10.2 Å². The Morgan fingerprint density at radius 2 is 2.12 bits per heavy atom. The zero-order valence-corrected chi connectivity index (χ0v) is 11.3. The standard InChI is InChI=1S/C13H26N2O2/c1-4-15(9-13(16)17)12-7-11(8-12)14-6-5-10(2)3/h10-12,14H,4-9H2,1-3H3,(H,16,17). The van der Waals surface area contributed by atoms with Crippen LogP contribution in [0.2, 0.25) is 0 Å². The van der Waals surface area contributed by atoms with Crippen LogP contribution in [-0.4, -0.2) is 47.7 Å². The molecule has 4 heteroatoms. The van der Waals surface area contributed by atoms with Crippen molar-refractivity contribution < 1.29 is 9.90 Å². The van der Waals surface area contributed by atoms with Crippen molar-refractivity contribution in [2.24, 2.45) is 5.92 Å². The summed E-state index contributed by atoms with van der Waals surface area (Å²) in [5.74, 6) is 0.0283. The van der Waals surface area contributed by atoms with Crippen LogP contribution in [0.25, 0.3) is 0 Å². The van der Waals surface area contributed by atoms with E-state index in [1.165, 1.54) is 6.42 Å². The van der Waals surface area contributed by atoms with Crippen LogP contribution in [0.5, 0.6) is 0 Å². The molecule has 0 spiro atoms. The molecule has 1 aliphatic carbocycles. The number of carboxylic acids is 1. The first-order valence-corrected chi connectivity index (χ1v) is 6.72. The van der Waals surface area contributed by atoms with Gasteiger partial charge in [-0.15, -0.1) is 0 Å². The van der Waals surface area contributed by atoms with E-state index in [4.69, 9.17) is 5.11 Å². The summed E-state index contributed by atoms with van der Waals surface area (Å²) in [6, 6.07) is 1.06. The van der Waals surface area contributed by atoms with Crippen molar-refractivity contribution in [3.8, 4) is 0 Å². The molecular formula is C13H26N2O2. The Labute approximate surface area is 104 Å². The van der Waals surface area contributed by atoms with Gasteiger partial charge in [-0.1, -0.05) is 20.8 Å². The van der Waals surface area contributed by atoms with E-state index in [1.54, 1.807) is 0 Å². The minimum absolute atomic E-state index is 0.180. The molecule has 0 radical (unpaired) electrons. The van der Waals surface area contributed by atoms with E-state index in [0.717, 1.165) is 31.8 Å². The fraction of sp³-hybridized carbons (Fsp3) is 0.923. The molecule has 0 aliphatic heterocycles. The topological polar surface area (TPSA) is 52.6 Å². The zero-order chi connectivity index (χ0) is 12.8. The van der Waals surface area contributed by atoms with E-state index in [2.05, 4.69) is 24.1 Å². The maximum atomic E-state index is 10.7. The van der Waals surface area contributed by atoms with Crippen molar-refractivity contribution in [3.63, 3.8) is 0 Å². The summed E-state index contributed by atoms with van der Waals surface area (Å²) in [5.41, 5.74) is 0. The van der Waals surface area contributed by atoms with Gasteiger partial charge in [0.25, 0.3) is 0 Å². The Bertz CT molecular complexity index is 238. The summed E-state index contributed by atoms with van der Waals surface area (Å²) < 4.78 is 0. The lowest BCUT2D eigenvalue weighted by atomic mass is 9.85. The van der Waals surface area contributed by atoms with E-state index < -0.39 is 5.97 Å². The predicted octanol–water partition coefficient (Wildman–Crippen LogP) is 1.56. The molecule has 0 saturated heterocycles. The van der Waals surface area contributed by atoms with Gasteiger partial charge in [-0.25, -0.2) is 0 Å². The first-order chi connectivity index (χ1) is 8.02. The minimum Gasteiger partial charge on any atom is -0.480 e. The molecule has 1 fully saturated rings. The van der Waals surface area contributed by atoms with E-state index in [9.17, 15) is 4.79 Å². The predicted molar refractivity (Wildman–Crippen MR) is 69.2 cm³/mol. The van der Waals surface area contributed by atoms with Crippen LogP contribution in [0, 0.1) is 5.92 Å². The number of carbonyl (C=O) groups is 1. The fourth-order valence-corrected chi connectivity index (χ4v) is 2.30. The van der Waals surface area contributed by atoms with Crippen LogP contribution in [0.3, 0.4) is 0 Å². The van der Waals surface area contributed by atoms with Crippen molar-refractivity contribution in [1.29, 1.82) is 0 Å². The average Bonchev–Trinajstić information content (AvgIpc) is 2.17. The molecule has 2 N–H and O–H groups in total. The molecule has 0 unspecified atom stereocenters. The maximum Gasteiger partial charge on any atom is 0.317 e. The second-order valence-corrected chi connectivity index (χ2v) is 5.42. The molecular weight excluding hydrogens is 216 g/mol. The summed E-state index contributed by atoms with van der Waals surface area (Å²) in [4.78, 5) is 12.7. The maximum absolute atomic E-state index is 10.7. The highest BCUT2D eigenvalue weighted by atomic mass is 16.4. The SMILES string of the molecule is CCN(CC(=O)O)C1CC(NCCC(C)C)C1. The average molecular weight is 242 g/mol. The lowest BCUT2D eigenvalue weighted by Crippen LogP contribution is -2.53. The second kappa shape index (κ2) is 6.97. The van der Waals surface area contributed by atoms with Crippen LogP contribution in [-0.2, 0) is 4.79 Å². The Hall–Kier alpha value is -0.610. The summed E-state index contributed by atoms with van der Waals surface area (Å²) >= 11 is 0. The molecule has 1 rings (SSSR count). The Balaban J connectivity index is 2.14. The van der Waals surface area contributed by atoms with E-state index >= 15 is 0 Å². The zero-order valence-electron chi connectivity index (χ0n) is 11.3. The third-order valence-electron chi connectivity index (χ3n) is 3.53. The van der Waals surface area contributed by atoms with E-state index in [-0.39, 0.29) is 6.54 Å². The van der Waals surface area contributed by atoms with Crippen LogP contribution in [0.4, 0.5) is 0 Å². The molecule has 1 saturated carbocycles. The molecule has 0 amide bonds. The van der Waals surface area contributed by atoms with Crippen molar-refractivity contribution in [2.75, 3.05) is 19.6 Å². The van der Waals surface area contributed by atoms with Crippen molar-refractivity contribution in [3.05, 3.63) is 0 Å². The Morgan fingerprint density at radius 3 is 2.59 bits per heavy atom. The molecule has 0 aromatic rings. The molecule has 4 nitrogen and oxygen atoms in total. The Kier molecular flexibility index (Phi) is 5.92. The molecule has 0 heterocycles. The highest BCUT2D eigenvalue weighted by Crippen LogP contribution is 2.25. The van der Waals surface area contributed by atoms with Gasteiger partial charge in [-0.05, 0) is 38.3 Å². The summed E-state index contributed by atoms with van der Waals surface area (Å²) in [7, 11) is 0. The van der Waals surface area contributed by atoms with Gasteiger partial charge < -0.3 is 10.4 Å². The monoisotopic (exact) mass is 242 g/mol. The smallest absolute Gasteiger partial charge is 0.317 e. The van der Waals surface area contributed by atoms with Crippen LogP contribution in [0.1, 0.15) is 40.0 Å². The largest absolute Gasteiger partial charge is 0.480 e. The summed E-state index contributed by atoms with van der Waals surface area (Å²) in [6.45, 7) is 8.59. The number of rotatable bonds is 8. The first kappa shape index (κ1) is 14.5. The quantitative estimate of drug-likeness (QED) is 0.678. The molecule has 1 aliphatic rings. The van der Waals surface area contributed by atoms with Gasteiger partial charge in [0.05, 0.1) is 6.54 Å². The Morgan fingerprint density at radius 1 is 1.47 bits per heavy atom. The number of nitrogens with zero attached hydrogens (tertiary/aromatic N) is 1. The third-order valence-corrected chi connectivity index (χ3v) is 3.53. The molecule has 100 valence electrons. The lowest BCUT2D eigenvalue weighted by Gasteiger charge is -2.42. The van der Waals surface area contributed by atoms with E-state index in [1.807, 2.05) is 6.92 Å². The number of hydrogen-bond acceptors (Lipinski definition) is 3. The number of aliphatic carboxylic acids is 1. The van der Waals surface area contributed by atoms with E-state index in [0.29, 0.717) is 12.1 Å². The van der Waals surface area contributed by atoms with Crippen LogP contribution in [0.15, 0.2) is 0 Å². The highest BCUT2D eigenvalue weighted by molar-refractivity contribution is 5.69. The molecule has 17 heavy (non-hydrogen) atoms. The number of nitrogens with one attached hydrogen (secondary N) is 1. The van der Waals surface area contributed by atoms with Gasteiger partial charge in [-0.3, -0.25) is 9.69 Å². The first-order valence-electron chi connectivity index (χ1n) is 6.72. The van der Waals surface area contributed by atoms with Gasteiger partial charge in [0.2, 0.25) is 0 Å². The molecule has 0 atom stereocenters. The number of hydrogen-bond donors (Lipinski definition) is 2. The second-order valence-electron chi connectivity index (χ2n) is 5.42. The minimum atomic E-state index is -0.719. The van der Waals surface area contributed by atoms with Gasteiger partial charge in [-0.2, -0.15) is 0 Å². The molecule has 0 aromatic carbocycles. The van der Waals surface area contributed by atoms with Crippen molar-refractivity contribution in [2.45, 2.75) is 52.1 Å². The number of carboxylic acid groups (broad SMARTS) is 1. The third kappa shape index (κ3) is 5.04. The van der Waals surface area contributed by atoms with Gasteiger partial charge >= 0.3 is 5.97 Å². The normalized spacial score (nSPS) is 24.1. The van der Waals surface area contributed by atoms with Crippen LogP contribution < -0.4 is 5.32 Å². The molecule has 0 aromatic heterocycles. The van der Waals surface area contributed by atoms with Gasteiger partial charge in [0.1, 0.15) is 0 Å². The number of likely N-dealkylation sites (N-methyl/N-ethyl adjacent to an activating group) is 1. The van der Waals surface area contributed by atoms with Crippen molar-refractivity contribution >= 4 is 5.97 Å².